The van der Waals surface area contributed by atoms with Crippen LogP contribution in [-0.4, -0.2) is 20.5 Å². The quantitative estimate of drug-likeness (QED) is 0.127. The number of hydrogen-bond donors (Lipinski definition) is 2. The minimum Gasteiger partial charge on any atom is -0.485 e. The molecule has 5 aromatic rings. The van der Waals surface area contributed by atoms with Crippen LogP contribution < -0.4 is 19.6 Å². The molecule has 42 heavy (non-hydrogen) atoms. The zero-order chi connectivity index (χ0) is 29.2. The SMILES string of the molecule is O=C(N/N=C\c1ccc(OCc2ccccc2)c(OCc2ccccc2)c1)c1ccc(NS(=O)(=O)c2cccs2)cc1. The lowest BCUT2D eigenvalue weighted by molar-refractivity contribution is 0.0955. The molecule has 0 fully saturated rings. The maximum absolute atomic E-state index is 12.6. The normalized spacial score (nSPS) is 11.2. The first-order valence-electron chi connectivity index (χ1n) is 12.9. The van der Waals surface area contributed by atoms with Gasteiger partial charge >= 0.3 is 0 Å². The zero-order valence-corrected chi connectivity index (χ0v) is 24.0. The summed E-state index contributed by atoms with van der Waals surface area (Å²) in [6.45, 7) is 0.750. The van der Waals surface area contributed by atoms with Crippen LogP contribution in [-0.2, 0) is 23.2 Å². The van der Waals surface area contributed by atoms with E-state index in [1.807, 2.05) is 72.8 Å². The number of nitrogens with zero attached hydrogens (tertiary/aromatic N) is 1. The van der Waals surface area contributed by atoms with Crippen LogP contribution in [0.5, 0.6) is 11.5 Å². The van der Waals surface area contributed by atoms with E-state index in [1.165, 1.54) is 36.5 Å². The van der Waals surface area contributed by atoms with Crippen molar-refractivity contribution < 1.29 is 22.7 Å². The van der Waals surface area contributed by atoms with Crippen molar-refractivity contribution in [2.24, 2.45) is 5.10 Å². The molecule has 10 heteroatoms. The number of ether oxygens (including phenoxy) is 2. The number of amides is 1. The van der Waals surface area contributed by atoms with Gasteiger partial charge in [-0.1, -0.05) is 66.7 Å². The van der Waals surface area contributed by atoms with Gasteiger partial charge in [0.2, 0.25) is 0 Å². The molecule has 4 aromatic carbocycles. The number of nitrogens with one attached hydrogen (secondary N) is 2. The summed E-state index contributed by atoms with van der Waals surface area (Å²) in [5, 5.41) is 5.77. The van der Waals surface area contributed by atoms with Gasteiger partial charge in [0.15, 0.2) is 11.5 Å². The monoisotopic (exact) mass is 597 g/mol. The van der Waals surface area contributed by atoms with E-state index in [1.54, 1.807) is 17.5 Å². The van der Waals surface area contributed by atoms with E-state index in [0.29, 0.717) is 41.5 Å². The minimum absolute atomic E-state index is 0.211. The zero-order valence-electron chi connectivity index (χ0n) is 22.3. The van der Waals surface area contributed by atoms with E-state index < -0.39 is 15.9 Å². The summed E-state index contributed by atoms with van der Waals surface area (Å²) in [5.74, 6) is 0.693. The van der Waals surface area contributed by atoms with Gasteiger partial charge in [0.05, 0.1) is 6.21 Å². The Morgan fingerprint density at radius 3 is 2.02 bits per heavy atom. The van der Waals surface area contributed by atoms with Gasteiger partial charge in [-0.15, -0.1) is 11.3 Å². The van der Waals surface area contributed by atoms with E-state index >= 15 is 0 Å². The van der Waals surface area contributed by atoms with Crippen LogP contribution in [0, 0.1) is 0 Å². The average molecular weight is 598 g/mol. The molecule has 1 amide bonds. The summed E-state index contributed by atoms with van der Waals surface area (Å²) >= 11 is 1.12. The number of hydrazone groups is 1. The van der Waals surface area contributed by atoms with E-state index in [0.717, 1.165) is 22.5 Å². The lowest BCUT2D eigenvalue weighted by Gasteiger charge is -2.14. The molecule has 1 heterocycles. The third kappa shape index (κ3) is 7.84. The molecule has 0 saturated carbocycles. The van der Waals surface area contributed by atoms with Crippen LogP contribution >= 0.6 is 11.3 Å². The number of anilines is 1. The highest BCUT2D eigenvalue weighted by Gasteiger charge is 2.15. The summed E-state index contributed by atoms with van der Waals surface area (Å²) in [7, 11) is -3.67. The van der Waals surface area contributed by atoms with Crippen molar-refractivity contribution in [3.63, 3.8) is 0 Å². The number of hydrogen-bond acceptors (Lipinski definition) is 7. The molecule has 8 nitrogen and oxygen atoms in total. The predicted molar refractivity (Wildman–Crippen MR) is 165 cm³/mol. The van der Waals surface area contributed by atoms with Crippen molar-refractivity contribution in [1.82, 2.24) is 5.43 Å². The highest BCUT2D eigenvalue weighted by molar-refractivity contribution is 7.94. The fourth-order valence-electron chi connectivity index (χ4n) is 3.85. The molecule has 0 saturated heterocycles. The summed E-state index contributed by atoms with van der Waals surface area (Å²) in [6, 6.07) is 34.4. The van der Waals surface area contributed by atoms with Gasteiger partial charge in [-0.3, -0.25) is 9.52 Å². The highest BCUT2D eigenvalue weighted by atomic mass is 32.2. The molecule has 0 unspecified atom stereocenters. The van der Waals surface area contributed by atoms with Crippen molar-refractivity contribution in [3.05, 3.63) is 143 Å². The molecule has 0 aliphatic rings. The lowest BCUT2D eigenvalue weighted by atomic mass is 10.2. The number of carbonyl (C=O) groups is 1. The molecule has 212 valence electrons. The first-order valence-corrected chi connectivity index (χ1v) is 15.3. The predicted octanol–water partition coefficient (Wildman–Crippen LogP) is 6.47. The summed E-state index contributed by atoms with van der Waals surface area (Å²) in [5.41, 5.74) is 5.92. The summed E-state index contributed by atoms with van der Waals surface area (Å²) in [6.07, 6.45) is 1.51. The number of rotatable bonds is 12. The molecule has 0 spiro atoms. The molecule has 1 aromatic heterocycles. The Morgan fingerprint density at radius 2 is 1.40 bits per heavy atom. The fourth-order valence-corrected chi connectivity index (χ4v) is 5.90. The number of sulfonamides is 1. The molecular formula is C32H27N3O5S2. The molecule has 0 aliphatic heterocycles. The van der Waals surface area contributed by atoms with Crippen LogP contribution in [0.15, 0.2) is 130 Å². The van der Waals surface area contributed by atoms with Crippen molar-refractivity contribution in [3.8, 4) is 11.5 Å². The largest absolute Gasteiger partial charge is 0.485 e. The Kier molecular flexibility index (Phi) is 9.27. The number of benzene rings is 4. The summed E-state index contributed by atoms with van der Waals surface area (Å²) in [4.78, 5) is 12.6. The third-order valence-electron chi connectivity index (χ3n) is 5.98. The Morgan fingerprint density at radius 1 is 0.762 bits per heavy atom. The van der Waals surface area contributed by atoms with E-state index in [9.17, 15) is 13.2 Å². The van der Waals surface area contributed by atoms with Gasteiger partial charge in [-0.2, -0.15) is 5.10 Å². The van der Waals surface area contributed by atoms with Crippen LogP contribution in [0.25, 0.3) is 0 Å². The first-order chi connectivity index (χ1) is 20.5. The Labute approximate surface area is 248 Å². The van der Waals surface area contributed by atoms with E-state index in [4.69, 9.17) is 9.47 Å². The van der Waals surface area contributed by atoms with Crippen molar-refractivity contribution >= 4 is 39.2 Å². The first kappa shape index (κ1) is 28.6. The molecular weight excluding hydrogens is 571 g/mol. The van der Waals surface area contributed by atoms with Gasteiger partial charge in [-0.25, -0.2) is 13.8 Å². The minimum atomic E-state index is -3.67. The molecule has 0 aliphatic carbocycles. The smallest absolute Gasteiger partial charge is 0.271 e. The topological polar surface area (TPSA) is 106 Å². The van der Waals surface area contributed by atoms with Gasteiger partial charge < -0.3 is 9.47 Å². The average Bonchev–Trinajstić information content (AvgIpc) is 3.57. The maximum Gasteiger partial charge on any atom is 0.271 e. The van der Waals surface area contributed by atoms with E-state index in [-0.39, 0.29) is 4.21 Å². The Hall–Kier alpha value is -4.93. The van der Waals surface area contributed by atoms with Gasteiger partial charge in [0.25, 0.3) is 15.9 Å². The van der Waals surface area contributed by atoms with Gasteiger partial charge in [0.1, 0.15) is 17.4 Å². The maximum atomic E-state index is 12.6. The second-order valence-corrected chi connectivity index (χ2v) is 11.9. The number of carbonyl (C=O) groups excluding carboxylic acids is 1. The Bertz CT molecular complexity index is 1740. The van der Waals surface area contributed by atoms with Gasteiger partial charge in [-0.05, 0) is 70.6 Å². The van der Waals surface area contributed by atoms with Gasteiger partial charge in [0, 0.05) is 11.3 Å². The third-order valence-corrected chi connectivity index (χ3v) is 8.76. The van der Waals surface area contributed by atoms with Crippen LogP contribution in [0.3, 0.4) is 0 Å². The molecule has 0 bridgehead atoms. The second-order valence-electron chi connectivity index (χ2n) is 9.07. The van der Waals surface area contributed by atoms with Crippen LogP contribution in [0.1, 0.15) is 27.0 Å². The van der Waals surface area contributed by atoms with Crippen molar-refractivity contribution in [2.75, 3.05) is 4.72 Å². The molecule has 5 rings (SSSR count). The highest BCUT2D eigenvalue weighted by Crippen LogP contribution is 2.30. The van der Waals surface area contributed by atoms with Crippen LogP contribution in [0.2, 0.25) is 0 Å². The Balaban J connectivity index is 1.23. The van der Waals surface area contributed by atoms with Crippen molar-refractivity contribution in [1.29, 1.82) is 0 Å². The lowest BCUT2D eigenvalue weighted by Crippen LogP contribution is -2.17. The van der Waals surface area contributed by atoms with E-state index in [2.05, 4.69) is 15.2 Å². The molecule has 2 N–H and O–H groups in total. The van der Waals surface area contributed by atoms with Crippen LogP contribution in [0.4, 0.5) is 5.69 Å². The number of thiophene rings is 1. The fraction of sp³-hybridized carbons (Fsp3) is 0.0625. The second kappa shape index (κ2) is 13.6. The summed E-state index contributed by atoms with van der Waals surface area (Å²) < 4.78 is 39.7. The molecule has 0 radical (unpaired) electrons. The van der Waals surface area contributed by atoms with Crippen molar-refractivity contribution in [2.45, 2.75) is 17.4 Å². The standard InChI is InChI=1S/C32H27N3O5S2/c36-32(27-14-16-28(17-15-27)35-42(37,38)31-12-7-19-41-31)34-33-21-26-13-18-29(39-22-24-8-3-1-4-9-24)30(20-26)40-23-25-10-5-2-6-11-25/h1-21,35H,22-23H2,(H,34,36)/b33-21-. The molecule has 0 atom stereocenters.